The summed E-state index contributed by atoms with van der Waals surface area (Å²) in [4.78, 5) is 3.42. The van der Waals surface area contributed by atoms with Gasteiger partial charge in [-0.15, -0.1) is 0 Å². The summed E-state index contributed by atoms with van der Waals surface area (Å²) in [7, 11) is 0. The minimum absolute atomic E-state index is 0.193. The van der Waals surface area contributed by atoms with Gasteiger partial charge in [0.15, 0.2) is 11.5 Å². The van der Waals surface area contributed by atoms with Crippen LogP contribution in [0.3, 0.4) is 0 Å². The van der Waals surface area contributed by atoms with Crippen molar-refractivity contribution in [2.45, 2.75) is 12.7 Å². The van der Waals surface area contributed by atoms with Crippen molar-refractivity contribution in [3.63, 3.8) is 0 Å². The molecule has 0 bridgehead atoms. The fourth-order valence-electron chi connectivity index (χ4n) is 4.14. The van der Waals surface area contributed by atoms with Crippen LogP contribution in [-0.2, 0) is 6.61 Å². The molecule has 6 nitrogen and oxygen atoms in total. The van der Waals surface area contributed by atoms with Crippen LogP contribution in [-0.4, -0.2) is 42.5 Å². The Kier molecular flexibility index (Phi) is 7.66. The van der Waals surface area contributed by atoms with Crippen LogP contribution in [0.25, 0.3) is 21.8 Å². The molecule has 5 rings (SSSR count). The predicted molar refractivity (Wildman–Crippen MR) is 143 cm³/mol. The van der Waals surface area contributed by atoms with Gasteiger partial charge in [-0.2, -0.15) is 0 Å². The smallest absolute Gasteiger partial charge is 0.161 e. The molecule has 0 saturated heterocycles. The number of hydrogen-bond donors (Lipinski definition) is 3. The Morgan fingerprint density at radius 1 is 0.694 bits per heavy atom. The largest absolute Gasteiger partial charge is 0.489 e. The van der Waals surface area contributed by atoms with Crippen LogP contribution in [0.2, 0.25) is 0 Å². The molecule has 1 heterocycles. The summed E-state index contributed by atoms with van der Waals surface area (Å²) in [6, 6.07) is 31.8. The molecule has 0 spiro atoms. The van der Waals surface area contributed by atoms with Crippen molar-refractivity contribution >= 4 is 21.8 Å². The highest BCUT2D eigenvalue weighted by Crippen LogP contribution is 2.31. The maximum Gasteiger partial charge on any atom is 0.161 e. The van der Waals surface area contributed by atoms with Crippen molar-refractivity contribution in [2.24, 2.45) is 0 Å². The first-order valence-electron chi connectivity index (χ1n) is 12.2. The third-order valence-electron chi connectivity index (χ3n) is 5.94. The predicted octanol–water partition coefficient (Wildman–Crippen LogP) is 5.31. The van der Waals surface area contributed by atoms with E-state index >= 15 is 0 Å². The van der Waals surface area contributed by atoms with E-state index < -0.39 is 6.10 Å². The molecule has 6 heteroatoms. The second-order valence-corrected chi connectivity index (χ2v) is 8.59. The Balaban J connectivity index is 1.06. The maximum absolute atomic E-state index is 10.4. The first kappa shape index (κ1) is 23.7. The van der Waals surface area contributed by atoms with Gasteiger partial charge in [0.05, 0.1) is 5.52 Å². The zero-order valence-electron chi connectivity index (χ0n) is 20.0. The van der Waals surface area contributed by atoms with Gasteiger partial charge < -0.3 is 29.6 Å². The van der Waals surface area contributed by atoms with Crippen molar-refractivity contribution in [1.29, 1.82) is 0 Å². The molecule has 36 heavy (non-hydrogen) atoms. The summed E-state index contributed by atoms with van der Waals surface area (Å²) in [6.07, 6.45) is -0.647. The molecule has 0 aliphatic rings. The fraction of sp³-hybridized carbons (Fsp3) is 0.200. The topological polar surface area (TPSA) is 75.7 Å². The summed E-state index contributed by atoms with van der Waals surface area (Å²) in [6.45, 7) is 2.11. The first-order chi connectivity index (χ1) is 17.8. The molecule has 0 amide bonds. The molecule has 0 aliphatic heterocycles. The zero-order chi connectivity index (χ0) is 24.6. The van der Waals surface area contributed by atoms with E-state index in [1.807, 2.05) is 84.9 Å². The van der Waals surface area contributed by atoms with Crippen LogP contribution in [0.4, 0.5) is 0 Å². The average Bonchev–Trinajstić information content (AvgIpc) is 3.31. The number of ether oxygens (including phenoxy) is 3. The highest BCUT2D eigenvalue weighted by Gasteiger charge is 2.11. The minimum atomic E-state index is -0.647. The number of aliphatic hydroxyl groups is 1. The van der Waals surface area contributed by atoms with Crippen LogP contribution in [0.5, 0.6) is 17.2 Å². The molecular weight excluding hydrogens is 452 g/mol. The highest BCUT2D eigenvalue weighted by molar-refractivity contribution is 6.09. The zero-order valence-corrected chi connectivity index (χ0v) is 20.0. The van der Waals surface area contributed by atoms with E-state index in [2.05, 4.69) is 22.4 Å². The molecule has 0 radical (unpaired) electrons. The van der Waals surface area contributed by atoms with Gasteiger partial charge in [-0.3, -0.25) is 0 Å². The van der Waals surface area contributed by atoms with E-state index in [0.29, 0.717) is 37.8 Å². The number of aromatic nitrogens is 1. The molecule has 1 unspecified atom stereocenters. The number of H-pyrrole nitrogens is 1. The van der Waals surface area contributed by atoms with Crippen LogP contribution in [0.1, 0.15) is 5.56 Å². The van der Waals surface area contributed by atoms with Gasteiger partial charge in [0, 0.05) is 29.4 Å². The molecule has 3 N–H and O–H groups in total. The Labute approximate surface area is 210 Å². The standard InChI is InChI=1S/C30H30N2O4/c33-23(21-36-29-16-8-12-25-24-11-4-5-13-26(24)32-30(25)29)19-31-17-18-34-27-14-6-7-15-28(27)35-20-22-9-2-1-3-10-22/h1-16,23,31-33H,17-21H2. The van der Waals surface area contributed by atoms with E-state index in [1.165, 1.54) is 0 Å². The second kappa shape index (κ2) is 11.6. The lowest BCUT2D eigenvalue weighted by atomic mass is 10.1. The number of aromatic amines is 1. The van der Waals surface area contributed by atoms with Crippen LogP contribution in [0.15, 0.2) is 97.1 Å². The number of aliphatic hydroxyl groups excluding tert-OH is 1. The number of rotatable bonds is 12. The molecule has 1 atom stereocenters. The van der Waals surface area contributed by atoms with Crippen LogP contribution >= 0.6 is 0 Å². The minimum Gasteiger partial charge on any atom is -0.489 e. The van der Waals surface area contributed by atoms with Gasteiger partial charge in [0.25, 0.3) is 0 Å². The summed E-state index contributed by atoms with van der Waals surface area (Å²) in [5.74, 6) is 2.14. The number of benzene rings is 4. The summed E-state index contributed by atoms with van der Waals surface area (Å²) < 4.78 is 17.8. The summed E-state index contributed by atoms with van der Waals surface area (Å²) >= 11 is 0. The molecule has 1 aromatic heterocycles. The Morgan fingerprint density at radius 3 is 2.25 bits per heavy atom. The summed E-state index contributed by atoms with van der Waals surface area (Å²) in [5, 5.41) is 15.9. The molecule has 0 saturated carbocycles. The molecule has 0 aliphatic carbocycles. The van der Waals surface area contributed by atoms with Crippen molar-refractivity contribution < 1.29 is 19.3 Å². The highest BCUT2D eigenvalue weighted by atomic mass is 16.5. The molecule has 4 aromatic carbocycles. The number of fused-ring (bicyclic) bond motifs is 3. The van der Waals surface area contributed by atoms with Gasteiger partial charge in [-0.1, -0.05) is 72.8 Å². The first-order valence-corrected chi connectivity index (χ1v) is 12.2. The van der Waals surface area contributed by atoms with Crippen molar-refractivity contribution in [3.05, 3.63) is 103 Å². The third-order valence-corrected chi connectivity index (χ3v) is 5.94. The number of nitrogens with one attached hydrogen (secondary N) is 2. The molecule has 184 valence electrons. The van der Waals surface area contributed by atoms with Gasteiger partial charge >= 0.3 is 0 Å². The van der Waals surface area contributed by atoms with E-state index in [-0.39, 0.29) is 6.61 Å². The lowest BCUT2D eigenvalue weighted by Crippen LogP contribution is -2.33. The van der Waals surface area contributed by atoms with Crippen molar-refractivity contribution in [3.8, 4) is 17.2 Å². The van der Waals surface area contributed by atoms with Crippen molar-refractivity contribution in [2.75, 3.05) is 26.3 Å². The van der Waals surface area contributed by atoms with Gasteiger partial charge in [-0.05, 0) is 29.8 Å². The Morgan fingerprint density at radius 2 is 1.39 bits per heavy atom. The lowest BCUT2D eigenvalue weighted by molar-refractivity contribution is 0.106. The monoisotopic (exact) mass is 482 g/mol. The normalized spacial score (nSPS) is 12.0. The van der Waals surface area contributed by atoms with Crippen LogP contribution in [0, 0.1) is 0 Å². The van der Waals surface area contributed by atoms with Crippen LogP contribution < -0.4 is 19.5 Å². The summed E-state index contributed by atoms with van der Waals surface area (Å²) in [5.41, 5.74) is 3.11. The molecule has 0 fully saturated rings. The van der Waals surface area contributed by atoms with E-state index in [4.69, 9.17) is 14.2 Å². The van der Waals surface area contributed by atoms with E-state index in [0.717, 1.165) is 33.1 Å². The fourth-order valence-corrected chi connectivity index (χ4v) is 4.14. The van der Waals surface area contributed by atoms with E-state index in [1.54, 1.807) is 0 Å². The molecule has 5 aromatic rings. The maximum atomic E-state index is 10.4. The number of hydrogen-bond acceptors (Lipinski definition) is 5. The lowest BCUT2D eigenvalue weighted by Gasteiger charge is -2.15. The van der Waals surface area contributed by atoms with Gasteiger partial charge in [0.1, 0.15) is 31.7 Å². The third kappa shape index (κ3) is 5.79. The van der Waals surface area contributed by atoms with Gasteiger partial charge in [-0.25, -0.2) is 0 Å². The second-order valence-electron chi connectivity index (χ2n) is 8.59. The average molecular weight is 483 g/mol. The molecular formula is C30H30N2O4. The Bertz CT molecular complexity index is 1400. The SMILES string of the molecule is OC(CNCCOc1ccccc1OCc1ccccc1)COc1cccc2c1[nH]c1ccccc12. The Hall–Kier alpha value is -4.00. The quantitative estimate of drug-likeness (QED) is 0.210. The number of para-hydroxylation sites is 4. The van der Waals surface area contributed by atoms with Gasteiger partial charge in [0.2, 0.25) is 0 Å². The van der Waals surface area contributed by atoms with Crippen molar-refractivity contribution in [1.82, 2.24) is 10.3 Å². The van der Waals surface area contributed by atoms with E-state index in [9.17, 15) is 5.11 Å².